The van der Waals surface area contributed by atoms with Gasteiger partial charge in [-0.15, -0.1) is 0 Å². The number of hydrogen-bond donors (Lipinski definition) is 0. The van der Waals surface area contributed by atoms with Gasteiger partial charge in [-0.3, -0.25) is 4.79 Å². The average molecular weight is 351 g/mol. The van der Waals surface area contributed by atoms with Gasteiger partial charge in [0.1, 0.15) is 0 Å². The Morgan fingerprint density at radius 1 is 1.04 bits per heavy atom. The molecule has 0 N–H and O–H groups in total. The van der Waals surface area contributed by atoms with Crippen molar-refractivity contribution in [3.63, 3.8) is 0 Å². The molecule has 2 aromatic rings. The van der Waals surface area contributed by atoms with Crippen molar-refractivity contribution in [2.45, 2.75) is 44.6 Å². The largest absolute Gasteiger partial charge is 0.307 e. The van der Waals surface area contributed by atoms with Crippen LogP contribution >= 0.6 is 0 Å². The molecule has 3 nitrogen and oxygen atoms in total. The lowest BCUT2D eigenvalue weighted by Gasteiger charge is -2.39. The molecule has 0 aliphatic rings. The standard InChI is InChI=1S/C23H30N2O/c1-19(25(3)4)18-23(16-11-17-24-20(2)26,21-12-7-5-8-13-21)22-14-9-6-10-15-22/h5-10,12-15,17,19H,11,16,18H2,1-4H3. The molecule has 0 aromatic heterocycles. The minimum Gasteiger partial charge on any atom is -0.307 e. The molecular weight excluding hydrogens is 320 g/mol. The Hall–Kier alpha value is -2.26. The van der Waals surface area contributed by atoms with Crippen molar-refractivity contribution < 1.29 is 4.79 Å². The molecule has 1 atom stereocenters. The lowest BCUT2D eigenvalue weighted by Crippen LogP contribution is -2.37. The van der Waals surface area contributed by atoms with Crippen LogP contribution in [0.4, 0.5) is 0 Å². The molecule has 0 heterocycles. The average Bonchev–Trinajstić information content (AvgIpc) is 2.65. The van der Waals surface area contributed by atoms with Gasteiger partial charge in [-0.1, -0.05) is 60.7 Å². The second-order valence-electron chi connectivity index (χ2n) is 7.20. The van der Waals surface area contributed by atoms with Crippen LogP contribution in [-0.4, -0.2) is 37.2 Å². The quantitative estimate of drug-likeness (QED) is 0.646. The lowest BCUT2D eigenvalue weighted by molar-refractivity contribution is -0.115. The van der Waals surface area contributed by atoms with Crippen LogP contribution in [0.3, 0.4) is 0 Å². The fourth-order valence-electron chi connectivity index (χ4n) is 3.50. The molecule has 0 radical (unpaired) electrons. The third kappa shape index (κ3) is 5.12. The molecule has 1 amide bonds. The third-order valence-electron chi connectivity index (χ3n) is 5.15. The Labute approximate surface area is 157 Å². The van der Waals surface area contributed by atoms with Crippen LogP contribution in [0.15, 0.2) is 65.7 Å². The van der Waals surface area contributed by atoms with Gasteiger partial charge < -0.3 is 4.90 Å². The third-order valence-corrected chi connectivity index (χ3v) is 5.15. The summed E-state index contributed by atoms with van der Waals surface area (Å²) >= 11 is 0. The van der Waals surface area contributed by atoms with Crippen LogP contribution < -0.4 is 0 Å². The van der Waals surface area contributed by atoms with E-state index in [1.54, 1.807) is 6.21 Å². The van der Waals surface area contributed by atoms with E-state index in [4.69, 9.17) is 0 Å². The molecule has 0 aliphatic heterocycles. The number of benzene rings is 2. The van der Waals surface area contributed by atoms with Crippen molar-refractivity contribution in [3.05, 3.63) is 71.8 Å². The Balaban J connectivity index is 2.49. The van der Waals surface area contributed by atoms with Crippen LogP contribution in [0.5, 0.6) is 0 Å². The second-order valence-corrected chi connectivity index (χ2v) is 7.20. The van der Waals surface area contributed by atoms with E-state index in [9.17, 15) is 4.79 Å². The van der Waals surface area contributed by atoms with Crippen LogP contribution in [0.2, 0.25) is 0 Å². The molecule has 0 spiro atoms. The van der Waals surface area contributed by atoms with Crippen molar-refractivity contribution in [1.29, 1.82) is 0 Å². The molecule has 2 rings (SSSR count). The van der Waals surface area contributed by atoms with Crippen molar-refractivity contribution in [1.82, 2.24) is 4.90 Å². The summed E-state index contributed by atoms with van der Waals surface area (Å²) in [5, 5.41) is 0. The highest BCUT2D eigenvalue weighted by Crippen LogP contribution is 2.41. The summed E-state index contributed by atoms with van der Waals surface area (Å²) in [5.41, 5.74) is 2.52. The first-order valence-electron chi connectivity index (χ1n) is 9.26. The summed E-state index contributed by atoms with van der Waals surface area (Å²) in [5.74, 6) is -0.142. The van der Waals surface area contributed by atoms with Gasteiger partial charge in [-0.2, -0.15) is 0 Å². The minimum absolute atomic E-state index is 0.116. The number of aliphatic imine (C=N–C) groups is 1. The molecule has 0 bridgehead atoms. The predicted octanol–water partition coefficient (Wildman–Crippen LogP) is 4.71. The Bertz CT molecular complexity index is 668. The predicted molar refractivity (Wildman–Crippen MR) is 110 cm³/mol. The van der Waals surface area contributed by atoms with E-state index < -0.39 is 0 Å². The normalized spacial score (nSPS) is 13.3. The molecule has 0 fully saturated rings. The molecule has 0 aliphatic carbocycles. The van der Waals surface area contributed by atoms with E-state index in [2.05, 4.69) is 91.6 Å². The first-order valence-corrected chi connectivity index (χ1v) is 9.26. The maximum absolute atomic E-state index is 11.2. The summed E-state index contributed by atoms with van der Waals surface area (Å²) in [4.78, 5) is 17.4. The van der Waals surface area contributed by atoms with E-state index in [1.807, 2.05) is 0 Å². The lowest BCUT2D eigenvalue weighted by atomic mass is 9.67. The van der Waals surface area contributed by atoms with Gasteiger partial charge in [0.2, 0.25) is 5.91 Å². The number of amides is 1. The van der Waals surface area contributed by atoms with Crippen molar-refractivity contribution in [3.8, 4) is 0 Å². The second kappa shape index (κ2) is 9.44. The number of carbonyl (C=O) groups is 1. The van der Waals surface area contributed by atoms with Gasteiger partial charge in [-0.05, 0) is 51.4 Å². The zero-order valence-electron chi connectivity index (χ0n) is 16.4. The highest BCUT2D eigenvalue weighted by molar-refractivity contribution is 5.82. The fraction of sp³-hybridized carbons (Fsp3) is 0.391. The molecule has 0 saturated carbocycles. The van der Waals surface area contributed by atoms with Gasteiger partial charge in [-0.25, -0.2) is 4.99 Å². The van der Waals surface area contributed by atoms with E-state index in [-0.39, 0.29) is 11.3 Å². The van der Waals surface area contributed by atoms with Gasteiger partial charge in [0, 0.05) is 24.6 Å². The molecule has 26 heavy (non-hydrogen) atoms. The summed E-state index contributed by atoms with van der Waals surface area (Å²) in [6.07, 6.45) is 4.45. The number of hydrogen-bond acceptors (Lipinski definition) is 2. The zero-order chi connectivity index (χ0) is 19.0. The van der Waals surface area contributed by atoms with Crippen LogP contribution in [-0.2, 0) is 10.2 Å². The maximum atomic E-state index is 11.2. The van der Waals surface area contributed by atoms with Crippen LogP contribution in [0.1, 0.15) is 44.2 Å². The van der Waals surface area contributed by atoms with Gasteiger partial charge in [0.05, 0.1) is 0 Å². The van der Waals surface area contributed by atoms with Gasteiger partial charge >= 0.3 is 0 Å². The molecule has 0 saturated heterocycles. The Morgan fingerprint density at radius 2 is 1.54 bits per heavy atom. The zero-order valence-corrected chi connectivity index (χ0v) is 16.4. The molecule has 2 aromatic carbocycles. The van der Waals surface area contributed by atoms with Crippen LogP contribution in [0, 0.1) is 0 Å². The summed E-state index contributed by atoms with van der Waals surface area (Å²) in [6.45, 7) is 3.76. The van der Waals surface area contributed by atoms with Gasteiger partial charge in [0.25, 0.3) is 0 Å². The summed E-state index contributed by atoms with van der Waals surface area (Å²) in [7, 11) is 4.26. The molecule has 3 heteroatoms. The summed E-state index contributed by atoms with van der Waals surface area (Å²) in [6, 6.07) is 21.9. The highest BCUT2D eigenvalue weighted by atomic mass is 16.1. The monoisotopic (exact) mass is 350 g/mol. The highest BCUT2D eigenvalue weighted by Gasteiger charge is 2.35. The van der Waals surface area contributed by atoms with E-state index in [0.29, 0.717) is 6.04 Å². The van der Waals surface area contributed by atoms with E-state index in [1.165, 1.54) is 18.1 Å². The van der Waals surface area contributed by atoms with Crippen molar-refractivity contribution in [2.75, 3.05) is 14.1 Å². The van der Waals surface area contributed by atoms with E-state index in [0.717, 1.165) is 19.3 Å². The van der Waals surface area contributed by atoms with Crippen molar-refractivity contribution >= 4 is 12.1 Å². The smallest absolute Gasteiger partial charge is 0.242 e. The van der Waals surface area contributed by atoms with Crippen molar-refractivity contribution in [2.24, 2.45) is 4.99 Å². The Morgan fingerprint density at radius 3 is 1.96 bits per heavy atom. The fourth-order valence-corrected chi connectivity index (χ4v) is 3.50. The number of nitrogens with zero attached hydrogens (tertiary/aromatic N) is 2. The maximum Gasteiger partial charge on any atom is 0.242 e. The molecule has 138 valence electrons. The topological polar surface area (TPSA) is 32.7 Å². The van der Waals surface area contributed by atoms with E-state index >= 15 is 0 Å². The minimum atomic E-state index is -0.142. The summed E-state index contributed by atoms with van der Waals surface area (Å²) < 4.78 is 0. The molecule has 1 unspecified atom stereocenters. The SMILES string of the molecule is CC(=O)N=CCCC(CC(C)N(C)C)(c1ccccc1)c1ccccc1. The molecular formula is C23H30N2O. The Kier molecular flexibility index (Phi) is 7.28. The number of rotatable bonds is 8. The first kappa shape index (κ1) is 20.1. The first-order chi connectivity index (χ1) is 12.5. The van der Waals surface area contributed by atoms with Gasteiger partial charge in [0.15, 0.2) is 0 Å². The number of carbonyl (C=O) groups excluding carboxylic acids is 1. The van der Waals surface area contributed by atoms with Crippen LogP contribution in [0.25, 0.3) is 0 Å².